The molecule has 5 aromatic rings. The van der Waals surface area contributed by atoms with Crippen LogP contribution in [-0.2, 0) is 6.42 Å². The van der Waals surface area contributed by atoms with Crippen LogP contribution in [-0.4, -0.2) is 23.2 Å². The Bertz CT molecular complexity index is 1450. The molecule has 5 rings (SSSR count). The number of hydrogen-bond donors (Lipinski definition) is 0. The number of benzene rings is 4. The van der Waals surface area contributed by atoms with Gasteiger partial charge in [-0.1, -0.05) is 0 Å². The van der Waals surface area contributed by atoms with E-state index in [2.05, 4.69) is 66.7 Å². The molecule has 1 heterocycles. The molecule has 1 aromatic heterocycles. The molecule has 0 unspecified atom stereocenters. The van der Waals surface area contributed by atoms with E-state index in [0.29, 0.717) is 0 Å². The molecule has 0 bridgehead atoms. The second-order valence-corrected chi connectivity index (χ2v) is 19.7. The third kappa shape index (κ3) is 3.41. The fraction of sp³-hybridized carbons (Fsp3) is 0.185. The zero-order valence-electron chi connectivity index (χ0n) is 18.3. The maximum absolute atomic E-state index is 13.6. The number of aryl methyl sites for hydroxylation is 1. The molecule has 0 spiro atoms. The van der Waals surface area contributed by atoms with E-state index in [-0.39, 0.29) is 5.82 Å². The Balaban J connectivity index is 1.99. The summed E-state index contributed by atoms with van der Waals surface area (Å²) in [5.41, 5.74) is 2.82. The van der Waals surface area contributed by atoms with Crippen LogP contribution in [0.4, 0.5) is 4.39 Å². The monoisotopic (exact) mass is 470 g/mol. The third-order valence-electron chi connectivity index (χ3n) is 5.98. The first-order chi connectivity index (χ1) is 14.9. The predicted molar refractivity (Wildman–Crippen MR) is 132 cm³/mol. The molecule has 0 saturated carbocycles. The zero-order valence-corrected chi connectivity index (χ0v) is 20.4. The number of halogens is 1. The first kappa shape index (κ1) is 20.1. The van der Waals surface area contributed by atoms with E-state index in [1.54, 1.807) is 0 Å². The summed E-state index contributed by atoms with van der Waals surface area (Å²) in [4.78, 5) is 9.91. The molecule has 0 N–H and O–H groups in total. The quantitative estimate of drug-likeness (QED) is 0.214. The van der Waals surface area contributed by atoms with Crippen LogP contribution in [0.25, 0.3) is 43.7 Å². The van der Waals surface area contributed by atoms with E-state index < -0.39 is 13.3 Å². The van der Waals surface area contributed by atoms with E-state index in [9.17, 15) is 4.39 Å². The SMILES string of the molecule is CCc1nc(-c2ccc(F)cc2)c2ccc3c4ccccc4c[c]([Ge]([CH3])([CH3])[CH3])c3c2n1. The fourth-order valence-electron chi connectivity index (χ4n) is 4.41. The summed E-state index contributed by atoms with van der Waals surface area (Å²) in [5.74, 6) is 7.89. The Kier molecular flexibility index (Phi) is 4.82. The molecule has 2 nitrogen and oxygen atoms in total. The van der Waals surface area contributed by atoms with Crippen LogP contribution in [0.2, 0.25) is 17.3 Å². The average molecular weight is 469 g/mol. The molecular weight excluding hydrogens is 444 g/mol. The minimum atomic E-state index is -2.24. The van der Waals surface area contributed by atoms with Gasteiger partial charge in [0.15, 0.2) is 0 Å². The summed E-state index contributed by atoms with van der Waals surface area (Å²) in [5, 5.41) is 6.10. The molecule has 154 valence electrons. The van der Waals surface area contributed by atoms with Crippen molar-refractivity contribution in [1.29, 1.82) is 0 Å². The van der Waals surface area contributed by atoms with E-state index >= 15 is 0 Å². The van der Waals surface area contributed by atoms with Gasteiger partial charge >= 0.3 is 185 Å². The van der Waals surface area contributed by atoms with Crippen molar-refractivity contribution < 1.29 is 4.39 Å². The molecule has 0 atom stereocenters. The summed E-state index contributed by atoms with van der Waals surface area (Å²) < 4.78 is 15.0. The standard InChI is InChI=1S/C27H25FGeN2/c1-5-24-30-26(17-10-12-19(28)13-11-17)22-15-14-21-20-9-7-6-8-18(20)16-23(29(2,3)4)25(21)27(22)31-24/h6-16H,5H2,1-4H3. The van der Waals surface area contributed by atoms with Gasteiger partial charge in [-0.3, -0.25) is 0 Å². The van der Waals surface area contributed by atoms with Crippen molar-refractivity contribution in [2.45, 2.75) is 30.6 Å². The van der Waals surface area contributed by atoms with Gasteiger partial charge in [0.1, 0.15) is 0 Å². The number of fused-ring (bicyclic) bond motifs is 5. The van der Waals surface area contributed by atoms with Gasteiger partial charge in [-0.2, -0.15) is 0 Å². The molecule has 0 aliphatic carbocycles. The Morgan fingerprint density at radius 3 is 2.23 bits per heavy atom. The Labute approximate surface area is 184 Å². The summed E-state index contributed by atoms with van der Waals surface area (Å²) in [6, 6.07) is 22.0. The van der Waals surface area contributed by atoms with Gasteiger partial charge in [-0.05, 0) is 0 Å². The molecule has 0 fully saturated rings. The Morgan fingerprint density at radius 2 is 1.52 bits per heavy atom. The van der Waals surface area contributed by atoms with Crippen LogP contribution in [0.3, 0.4) is 0 Å². The number of aromatic nitrogens is 2. The first-order valence-corrected chi connectivity index (χ1v) is 18.1. The maximum atomic E-state index is 13.6. The molecule has 0 amide bonds. The molecule has 0 saturated heterocycles. The molecule has 4 heteroatoms. The Hall–Kier alpha value is -2.79. The minimum absolute atomic E-state index is 0.238. The van der Waals surface area contributed by atoms with Gasteiger partial charge in [0.05, 0.1) is 0 Å². The van der Waals surface area contributed by atoms with Crippen molar-refractivity contribution in [2.24, 2.45) is 0 Å². The van der Waals surface area contributed by atoms with Crippen LogP contribution >= 0.6 is 0 Å². The second-order valence-electron chi connectivity index (χ2n) is 9.13. The average Bonchev–Trinajstić information content (AvgIpc) is 2.77. The van der Waals surface area contributed by atoms with Crippen molar-refractivity contribution in [1.82, 2.24) is 9.97 Å². The summed E-state index contributed by atoms with van der Waals surface area (Å²) >= 11 is -2.24. The number of hydrogen-bond acceptors (Lipinski definition) is 2. The molecular formula is C27H25FGeN2. The second kappa shape index (κ2) is 7.42. The fourth-order valence-corrected chi connectivity index (χ4v) is 7.75. The molecule has 0 aliphatic heterocycles. The van der Waals surface area contributed by atoms with Crippen LogP contribution in [0.1, 0.15) is 12.7 Å². The van der Waals surface area contributed by atoms with Gasteiger partial charge in [-0.15, -0.1) is 0 Å². The topological polar surface area (TPSA) is 25.8 Å². The van der Waals surface area contributed by atoms with Crippen molar-refractivity contribution in [3.05, 3.63) is 78.4 Å². The summed E-state index contributed by atoms with van der Waals surface area (Å²) in [6.07, 6.45) is 0.750. The van der Waals surface area contributed by atoms with Crippen LogP contribution in [0.15, 0.2) is 66.7 Å². The van der Waals surface area contributed by atoms with Gasteiger partial charge in [0.25, 0.3) is 0 Å². The molecule has 4 aromatic carbocycles. The molecule has 31 heavy (non-hydrogen) atoms. The van der Waals surface area contributed by atoms with Crippen molar-refractivity contribution in [3.63, 3.8) is 0 Å². The number of nitrogens with zero attached hydrogens (tertiary/aromatic N) is 2. The molecule has 0 aliphatic rings. The van der Waals surface area contributed by atoms with Crippen LogP contribution in [0.5, 0.6) is 0 Å². The van der Waals surface area contributed by atoms with Gasteiger partial charge in [0, 0.05) is 0 Å². The van der Waals surface area contributed by atoms with Gasteiger partial charge in [-0.25, -0.2) is 0 Å². The van der Waals surface area contributed by atoms with Gasteiger partial charge < -0.3 is 0 Å². The van der Waals surface area contributed by atoms with Crippen molar-refractivity contribution >= 4 is 50.1 Å². The van der Waals surface area contributed by atoms with E-state index in [0.717, 1.165) is 34.4 Å². The summed E-state index contributed by atoms with van der Waals surface area (Å²) in [7, 11) is 0. The molecule has 0 radical (unpaired) electrons. The number of rotatable bonds is 3. The Morgan fingerprint density at radius 1 is 0.806 bits per heavy atom. The zero-order chi connectivity index (χ0) is 21.8. The van der Waals surface area contributed by atoms with E-state index in [1.165, 1.54) is 38.1 Å². The van der Waals surface area contributed by atoms with Crippen molar-refractivity contribution in [2.75, 3.05) is 0 Å². The van der Waals surface area contributed by atoms with Gasteiger partial charge in [0.2, 0.25) is 0 Å². The summed E-state index contributed by atoms with van der Waals surface area (Å²) in [6.45, 7) is 2.08. The van der Waals surface area contributed by atoms with Crippen LogP contribution in [0, 0.1) is 5.82 Å². The predicted octanol–water partition coefficient (Wildman–Crippen LogP) is 6.85. The third-order valence-corrected chi connectivity index (χ3v) is 10.2. The van der Waals surface area contributed by atoms with E-state index in [4.69, 9.17) is 9.97 Å². The van der Waals surface area contributed by atoms with E-state index in [1.807, 2.05) is 12.1 Å². The normalized spacial score (nSPS) is 12.2. The van der Waals surface area contributed by atoms with Crippen LogP contribution < -0.4 is 4.40 Å². The first-order valence-electron chi connectivity index (χ1n) is 10.8. The van der Waals surface area contributed by atoms with Crippen molar-refractivity contribution in [3.8, 4) is 11.3 Å².